The summed E-state index contributed by atoms with van der Waals surface area (Å²) in [7, 11) is -3.77. The average Bonchev–Trinajstić information content (AvgIpc) is 2.91. The monoisotopic (exact) mass is 339 g/mol. The van der Waals surface area contributed by atoms with Crippen LogP contribution in [0.15, 0.2) is 40.6 Å². The maximum atomic E-state index is 12.2. The molecule has 0 bridgehead atoms. The summed E-state index contributed by atoms with van der Waals surface area (Å²) in [4.78, 5) is 12.1. The van der Waals surface area contributed by atoms with Gasteiger partial charge in [-0.3, -0.25) is 4.79 Å². The Balaban J connectivity index is 2.13. The highest BCUT2D eigenvalue weighted by molar-refractivity contribution is 7.89. The van der Waals surface area contributed by atoms with E-state index in [1.807, 2.05) is 18.4 Å². The molecule has 0 aliphatic carbocycles. The molecule has 0 saturated heterocycles. The van der Waals surface area contributed by atoms with Crippen LogP contribution in [0.25, 0.3) is 0 Å². The summed E-state index contributed by atoms with van der Waals surface area (Å²) in [6.45, 7) is 3.12. The highest BCUT2D eigenvalue weighted by Crippen LogP contribution is 2.23. The highest BCUT2D eigenvalue weighted by Gasteiger charge is 2.19. The van der Waals surface area contributed by atoms with Crippen molar-refractivity contribution in [2.75, 3.05) is 6.54 Å². The minimum atomic E-state index is -3.77. The van der Waals surface area contributed by atoms with Gasteiger partial charge in [-0.1, -0.05) is 12.1 Å². The fourth-order valence-electron chi connectivity index (χ4n) is 1.97. The summed E-state index contributed by atoms with van der Waals surface area (Å²) >= 11 is 1.38. The van der Waals surface area contributed by atoms with Gasteiger partial charge in [-0.05, 0) is 43.0 Å². The fraction of sp³-hybridized carbons (Fsp3) is 0.267. The number of hydrogen-bond donors (Lipinski definition) is 2. The molecule has 7 heteroatoms. The maximum absolute atomic E-state index is 12.2. The molecule has 0 saturated carbocycles. The number of ketones is 1. The van der Waals surface area contributed by atoms with E-state index in [0.29, 0.717) is 5.56 Å². The third-order valence-electron chi connectivity index (χ3n) is 3.22. The van der Waals surface area contributed by atoms with Crippen LogP contribution in [0.2, 0.25) is 0 Å². The van der Waals surface area contributed by atoms with E-state index in [9.17, 15) is 18.3 Å². The van der Waals surface area contributed by atoms with E-state index in [1.165, 1.54) is 36.5 Å². The summed E-state index contributed by atoms with van der Waals surface area (Å²) in [6.07, 6.45) is -0.897. The minimum Gasteiger partial charge on any atom is -0.386 e. The highest BCUT2D eigenvalue weighted by atomic mass is 32.2. The number of aliphatic hydroxyl groups excluding tert-OH is 1. The lowest BCUT2D eigenvalue weighted by molar-refractivity contribution is 0.101. The fourth-order valence-corrected chi connectivity index (χ4v) is 3.97. The van der Waals surface area contributed by atoms with E-state index in [2.05, 4.69) is 4.72 Å². The number of carbonyl (C=O) groups excluding carboxylic acids is 1. The molecule has 0 spiro atoms. The number of Topliss-reactive ketones (excluding diaryl/α,β-unsaturated/α-hetero) is 1. The van der Waals surface area contributed by atoms with Crippen LogP contribution in [0, 0.1) is 6.92 Å². The van der Waals surface area contributed by atoms with Crippen molar-refractivity contribution < 1.29 is 18.3 Å². The Labute approximate surface area is 133 Å². The molecule has 0 fully saturated rings. The number of hydrogen-bond acceptors (Lipinski definition) is 5. The second kappa shape index (κ2) is 6.70. The molecule has 2 aromatic rings. The summed E-state index contributed by atoms with van der Waals surface area (Å²) < 4.78 is 26.8. The predicted molar refractivity (Wildman–Crippen MR) is 85.7 cm³/mol. The van der Waals surface area contributed by atoms with Crippen LogP contribution in [-0.2, 0) is 10.0 Å². The molecular weight excluding hydrogens is 322 g/mol. The molecule has 0 amide bonds. The molecule has 22 heavy (non-hydrogen) atoms. The minimum absolute atomic E-state index is 0.00954. The van der Waals surface area contributed by atoms with Crippen molar-refractivity contribution in [3.05, 3.63) is 51.7 Å². The second-order valence-electron chi connectivity index (χ2n) is 4.92. The maximum Gasteiger partial charge on any atom is 0.240 e. The van der Waals surface area contributed by atoms with Crippen LogP contribution >= 0.6 is 11.3 Å². The molecule has 1 aromatic heterocycles. The smallest absolute Gasteiger partial charge is 0.240 e. The lowest BCUT2D eigenvalue weighted by Gasteiger charge is -2.12. The molecule has 1 unspecified atom stereocenters. The van der Waals surface area contributed by atoms with Crippen LogP contribution in [-0.4, -0.2) is 25.9 Å². The zero-order chi connectivity index (χ0) is 16.3. The molecule has 5 nitrogen and oxygen atoms in total. The zero-order valence-electron chi connectivity index (χ0n) is 12.2. The molecule has 2 rings (SSSR count). The van der Waals surface area contributed by atoms with E-state index < -0.39 is 16.1 Å². The standard InChI is InChI=1S/C15H17NO4S2/c1-10-6-7-21-15(10)14(18)9-16-22(19,20)13-5-3-4-12(8-13)11(2)17/h3-8,14,16,18H,9H2,1-2H3. The summed E-state index contributed by atoms with van der Waals surface area (Å²) in [5, 5.41) is 11.9. The average molecular weight is 339 g/mol. The van der Waals surface area contributed by atoms with Crippen molar-refractivity contribution in [2.24, 2.45) is 0 Å². The number of aliphatic hydroxyl groups is 1. The van der Waals surface area contributed by atoms with E-state index in [-0.39, 0.29) is 17.2 Å². The number of carbonyl (C=O) groups is 1. The summed E-state index contributed by atoms with van der Waals surface area (Å²) in [5.41, 5.74) is 1.26. The Morgan fingerprint density at radius 3 is 2.68 bits per heavy atom. The summed E-state index contributed by atoms with van der Waals surface area (Å²) in [5.74, 6) is -0.203. The van der Waals surface area contributed by atoms with E-state index >= 15 is 0 Å². The van der Waals surface area contributed by atoms with Gasteiger partial charge in [-0.25, -0.2) is 13.1 Å². The first kappa shape index (κ1) is 16.8. The van der Waals surface area contributed by atoms with E-state index in [4.69, 9.17) is 0 Å². The van der Waals surface area contributed by atoms with Crippen LogP contribution in [0.1, 0.15) is 33.8 Å². The van der Waals surface area contributed by atoms with Gasteiger partial charge >= 0.3 is 0 Å². The number of benzene rings is 1. The second-order valence-corrected chi connectivity index (χ2v) is 7.63. The number of nitrogens with one attached hydrogen (secondary N) is 1. The van der Waals surface area contributed by atoms with Gasteiger partial charge in [0, 0.05) is 17.0 Å². The molecule has 1 atom stereocenters. The van der Waals surface area contributed by atoms with Gasteiger partial charge < -0.3 is 5.11 Å². The first-order chi connectivity index (χ1) is 10.3. The van der Waals surface area contributed by atoms with Crippen molar-refractivity contribution in [3.63, 3.8) is 0 Å². The SMILES string of the molecule is CC(=O)c1cccc(S(=O)(=O)NCC(O)c2sccc2C)c1. The topological polar surface area (TPSA) is 83.5 Å². The molecule has 0 radical (unpaired) electrons. The van der Waals surface area contributed by atoms with Crippen LogP contribution in [0.4, 0.5) is 0 Å². The van der Waals surface area contributed by atoms with Crippen molar-refractivity contribution in [3.8, 4) is 0 Å². The summed E-state index contributed by atoms with van der Waals surface area (Å²) in [6, 6.07) is 7.69. The molecule has 2 N–H and O–H groups in total. The van der Waals surface area contributed by atoms with Crippen LogP contribution in [0.5, 0.6) is 0 Å². The Morgan fingerprint density at radius 2 is 2.09 bits per heavy atom. The van der Waals surface area contributed by atoms with Crippen molar-refractivity contribution >= 4 is 27.1 Å². The first-order valence-corrected chi connectivity index (χ1v) is 9.00. The van der Waals surface area contributed by atoms with Gasteiger partial charge in [0.15, 0.2) is 5.78 Å². The van der Waals surface area contributed by atoms with Gasteiger partial charge in [0.1, 0.15) is 6.10 Å². The third kappa shape index (κ3) is 3.80. The lowest BCUT2D eigenvalue weighted by atomic mass is 10.2. The predicted octanol–water partition coefficient (Wildman–Crippen LogP) is 2.27. The van der Waals surface area contributed by atoms with Crippen LogP contribution < -0.4 is 4.72 Å². The van der Waals surface area contributed by atoms with Gasteiger partial charge in [-0.2, -0.15) is 0 Å². The van der Waals surface area contributed by atoms with Crippen molar-refractivity contribution in [1.29, 1.82) is 0 Å². The Morgan fingerprint density at radius 1 is 1.36 bits per heavy atom. The van der Waals surface area contributed by atoms with Gasteiger partial charge in [0.05, 0.1) is 4.90 Å². The van der Waals surface area contributed by atoms with Crippen molar-refractivity contribution in [1.82, 2.24) is 4.72 Å². The lowest BCUT2D eigenvalue weighted by Crippen LogP contribution is -2.28. The normalized spacial score (nSPS) is 13.0. The molecule has 118 valence electrons. The largest absolute Gasteiger partial charge is 0.386 e. The third-order valence-corrected chi connectivity index (χ3v) is 5.76. The van der Waals surface area contributed by atoms with Crippen molar-refractivity contribution in [2.45, 2.75) is 24.8 Å². The zero-order valence-corrected chi connectivity index (χ0v) is 13.9. The van der Waals surface area contributed by atoms with Crippen LogP contribution in [0.3, 0.4) is 0 Å². The van der Waals surface area contributed by atoms with E-state index in [0.717, 1.165) is 10.4 Å². The van der Waals surface area contributed by atoms with Gasteiger partial charge in [-0.15, -0.1) is 11.3 Å². The Hall–Kier alpha value is -1.54. The Bertz CT molecular complexity index is 780. The Kier molecular flexibility index (Phi) is 5.12. The molecule has 1 heterocycles. The first-order valence-electron chi connectivity index (χ1n) is 6.64. The number of thiophene rings is 1. The van der Waals surface area contributed by atoms with Gasteiger partial charge in [0.2, 0.25) is 10.0 Å². The van der Waals surface area contributed by atoms with E-state index in [1.54, 1.807) is 6.07 Å². The number of sulfonamides is 1. The molecular formula is C15H17NO4S2. The van der Waals surface area contributed by atoms with Gasteiger partial charge in [0.25, 0.3) is 0 Å². The number of aryl methyl sites for hydroxylation is 1. The number of rotatable bonds is 6. The molecule has 0 aliphatic rings. The molecule has 1 aromatic carbocycles. The molecule has 0 aliphatic heterocycles. The quantitative estimate of drug-likeness (QED) is 0.791.